The fraction of sp³-hybridized carbons (Fsp3) is 0.556. The van der Waals surface area contributed by atoms with E-state index in [1.807, 2.05) is 0 Å². The van der Waals surface area contributed by atoms with Crippen molar-refractivity contribution in [2.45, 2.75) is 26.3 Å². The van der Waals surface area contributed by atoms with Crippen LogP contribution in [0.2, 0.25) is 0 Å². The van der Waals surface area contributed by atoms with Gasteiger partial charge in [-0.05, 0) is 22.9 Å². The number of nitrogens with one attached hydrogen (secondary N) is 1. The number of rotatable bonds is 4. The molecular weight excluding hydrogens is 170 g/mol. The van der Waals surface area contributed by atoms with Gasteiger partial charge in [-0.2, -0.15) is 5.48 Å². The summed E-state index contributed by atoms with van der Waals surface area (Å²) >= 11 is 1.78. The number of hydrogen-bond acceptors (Lipinski definition) is 3. The molecule has 1 N–H and O–H groups in total. The predicted octanol–water partition coefficient (Wildman–Crippen LogP) is 2.52. The third-order valence-corrected chi connectivity index (χ3v) is 2.69. The average Bonchev–Trinajstić information content (AvgIpc) is 2.48. The molecule has 1 rings (SSSR count). The Kier molecular flexibility index (Phi) is 3.72. The smallest absolute Gasteiger partial charge is 0.0572 e. The van der Waals surface area contributed by atoms with Gasteiger partial charge in [0, 0.05) is 4.88 Å². The Bertz CT molecular complexity index is 232. The molecule has 0 aliphatic rings. The van der Waals surface area contributed by atoms with Gasteiger partial charge in [0.2, 0.25) is 0 Å². The van der Waals surface area contributed by atoms with Crippen LogP contribution in [0.25, 0.3) is 0 Å². The van der Waals surface area contributed by atoms with Gasteiger partial charge in [-0.1, -0.05) is 13.8 Å². The SMILES string of the molecule is CONCc1cc(C(C)C)cs1. The lowest BCUT2D eigenvalue weighted by Gasteiger charge is -1.99. The van der Waals surface area contributed by atoms with E-state index in [0.29, 0.717) is 5.92 Å². The van der Waals surface area contributed by atoms with Crippen molar-refractivity contribution >= 4 is 11.3 Å². The topological polar surface area (TPSA) is 21.3 Å². The van der Waals surface area contributed by atoms with E-state index in [9.17, 15) is 0 Å². The minimum Gasteiger partial charge on any atom is -0.305 e. The molecule has 0 aliphatic carbocycles. The monoisotopic (exact) mass is 185 g/mol. The van der Waals surface area contributed by atoms with Gasteiger partial charge in [-0.25, -0.2) is 0 Å². The second kappa shape index (κ2) is 4.60. The molecule has 0 aliphatic heterocycles. The molecule has 1 aromatic heterocycles. The van der Waals surface area contributed by atoms with Crippen LogP contribution >= 0.6 is 11.3 Å². The van der Waals surface area contributed by atoms with E-state index in [1.165, 1.54) is 10.4 Å². The minimum absolute atomic E-state index is 0.623. The van der Waals surface area contributed by atoms with Crippen LogP contribution in [0.5, 0.6) is 0 Å². The van der Waals surface area contributed by atoms with Gasteiger partial charge in [0.05, 0.1) is 13.7 Å². The van der Waals surface area contributed by atoms with E-state index >= 15 is 0 Å². The maximum Gasteiger partial charge on any atom is 0.0572 e. The molecule has 0 amide bonds. The van der Waals surface area contributed by atoms with Crippen molar-refractivity contribution in [3.8, 4) is 0 Å². The zero-order chi connectivity index (χ0) is 8.97. The Hall–Kier alpha value is -0.380. The Morgan fingerprint density at radius 2 is 2.33 bits per heavy atom. The first-order valence-corrected chi connectivity index (χ1v) is 4.95. The molecule has 0 saturated carbocycles. The molecule has 0 saturated heterocycles. The summed E-state index contributed by atoms with van der Waals surface area (Å²) in [5, 5.41) is 2.21. The van der Waals surface area contributed by atoms with Gasteiger partial charge in [-0.3, -0.25) is 0 Å². The van der Waals surface area contributed by atoms with Crippen molar-refractivity contribution in [3.63, 3.8) is 0 Å². The summed E-state index contributed by atoms with van der Waals surface area (Å²) in [4.78, 5) is 6.09. The van der Waals surface area contributed by atoms with E-state index in [4.69, 9.17) is 4.84 Å². The molecule has 0 atom stereocenters. The van der Waals surface area contributed by atoms with Crippen molar-refractivity contribution in [2.75, 3.05) is 7.11 Å². The van der Waals surface area contributed by atoms with Crippen molar-refractivity contribution in [1.29, 1.82) is 0 Å². The van der Waals surface area contributed by atoms with Crippen LogP contribution in [0, 0.1) is 0 Å². The summed E-state index contributed by atoms with van der Waals surface area (Å²) in [6, 6.07) is 2.22. The third-order valence-electron chi connectivity index (χ3n) is 1.73. The molecule has 0 unspecified atom stereocenters. The van der Waals surface area contributed by atoms with E-state index < -0.39 is 0 Å². The highest BCUT2D eigenvalue weighted by Crippen LogP contribution is 2.21. The van der Waals surface area contributed by atoms with Gasteiger partial charge in [0.15, 0.2) is 0 Å². The molecule has 68 valence electrons. The van der Waals surface area contributed by atoms with Gasteiger partial charge >= 0.3 is 0 Å². The molecule has 12 heavy (non-hydrogen) atoms. The molecule has 2 nitrogen and oxygen atoms in total. The van der Waals surface area contributed by atoms with E-state index in [-0.39, 0.29) is 0 Å². The second-order valence-corrected chi connectivity index (χ2v) is 4.02. The molecular formula is C9H15NOS. The Balaban J connectivity index is 2.52. The first-order valence-electron chi connectivity index (χ1n) is 4.07. The van der Waals surface area contributed by atoms with E-state index in [1.54, 1.807) is 18.4 Å². The summed E-state index contributed by atoms with van der Waals surface area (Å²) in [6.45, 7) is 5.21. The van der Waals surface area contributed by atoms with Gasteiger partial charge in [0.25, 0.3) is 0 Å². The lowest BCUT2D eigenvalue weighted by Crippen LogP contribution is -2.09. The molecule has 0 fully saturated rings. The highest BCUT2D eigenvalue weighted by molar-refractivity contribution is 7.10. The van der Waals surface area contributed by atoms with Crippen LogP contribution in [0.15, 0.2) is 11.4 Å². The first-order chi connectivity index (χ1) is 5.74. The molecule has 0 radical (unpaired) electrons. The first kappa shape index (κ1) is 9.71. The van der Waals surface area contributed by atoms with Crippen molar-refractivity contribution < 1.29 is 4.84 Å². The van der Waals surface area contributed by atoms with Crippen LogP contribution in [0.4, 0.5) is 0 Å². The Morgan fingerprint density at radius 1 is 1.58 bits per heavy atom. The average molecular weight is 185 g/mol. The molecule has 0 bridgehead atoms. The molecule has 1 heterocycles. The maximum atomic E-state index is 4.77. The Morgan fingerprint density at radius 3 is 2.83 bits per heavy atom. The van der Waals surface area contributed by atoms with Crippen LogP contribution in [0.1, 0.15) is 30.2 Å². The maximum absolute atomic E-state index is 4.77. The summed E-state index contributed by atoms with van der Waals surface area (Å²) in [7, 11) is 1.64. The highest BCUT2D eigenvalue weighted by Gasteiger charge is 2.02. The van der Waals surface area contributed by atoms with Gasteiger partial charge < -0.3 is 4.84 Å². The summed E-state index contributed by atoms with van der Waals surface area (Å²) in [5.41, 5.74) is 4.24. The van der Waals surface area contributed by atoms with Crippen molar-refractivity contribution in [3.05, 3.63) is 21.9 Å². The van der Waals surface area contributed by atoms with Crippen LogP contribution in [-0.2, 0) is 11.4 Å². The lowest BCUT2D eigenvalue weighted by atomic mass is 10.1. The third kappa shape index (κ3) is 2.59. The number of hydrogen-bond donors (Lipinski definition) is 1. The summed E-state index contributed by atoms with van der Waals surface area (Å²) in [6.07, 6.45) is 0. The van der Waals surface area contributed by atoms with Crippen molar-refractivity contribution in [1.82, 2.24) is 5.48 Å². The van der Waals surface area contributed by atoms with Crippen LogP contribution in [0.3, 0.4) is 0 Å². The Labute approximate surface area is 77.5 Å². The lowest BCUT2D eigenvalue weighted by molar-refractivity contribution is 0.0874. The quantitative estimate of drug-likeness (QED) is 0.728. The van der Waals surface area contributed by atoms with Gasteiger partial charge in [-0.15, -0.1) is 11.3 Å². The largest absolute Gasteiger partial charge is 0.305 e. The zero-order valence-corrected chi connectivity index (χ0v) is 8.57. The predicted molar refractivity (Wildman–Crippen MR) is 52.3 cm³/mol. The van der Waals surface area contributed by atoms with Crippen molar-refractivity contribution in [2.24, 2.45) is 0 Å². The fourth-order valence-electron chi connectivity index (χ4n) is 0.936. The zero-order valence-electron chi connectivity index (χ0n) is 7.76. The molecule has 3 heteroatoms. The molecule has 0 aromatic carbocycles. The fourth-order valence-corrected chi connectivity index (χ4v) is 1.91. The standard InChI is InChI=1S/C9H15NOS/c1-7(2)8-4-9(12-6-8)5-10-11-3/h4,6-7,10H,5H2,1-3H3. The van der Waals surface area contributed by atoms with E-state index in [2.05, 4.69) is 30.8 Å². The summed E-state index contributed by atoms with van der Waals surface area (Å²) in [5.74, 6) is 0.623. The second-order valence-electron chi connectivity index (χ2n) is 3.03. The summed E-state index contributed by atoms with van der Waals surface area (Å²) < 4.78 is 0. The van der Waals surface area contributed by atoms with Gasteiger partial charge in [0.1, 0.15) is 0 Å². The normalized spacial score (nSPS) is 11.0. The molecule has 0 spiro atoms. The minimum atomic E-state index is 0.623. The van der Waals surface area contributed by atoms with Crippen LogP contribution in [-0.4, -0.2) is 7.11 Å². The van der Waals surface area contributed by atoms with Crippen LogP contribution < -0.4 is 5.48 Å². The highest BCUT2D eigenvalue weighted by atomic mass is 32.1. The van der Waals surface area contributed by atoms with E-state index in [0.717, 1.165) is 6.54 Å². The number of hydroxylamine groups is 1. The number of thiophene rings is 1. The molecule has 1 aromatic rings.